The highest BCUT2D eigenvalue weighted by atomic mass is 16.5. The maximum atomic E-state index is 11.5. The summed E-state index contributed by atoms with van der Waals surface area (Å²) in [5.41, 5.74) is -0.954. The summed E-state index contributed by atoms with van der Waals surface area (Å²) in [6.45, 7) is 0. The fourth-order valence-electron chi connectivity index (χ4n) is 2.27. The van der Waals surface area contributed by atoms with Gasteiger partial charge in [-0.1, -0.05) is 0 Å². The third kappa shape index (κ3) is 1.13. The molecule has 0 spiro atoms. The van der Waals surface area contributed by atoms with Crippen molar-refractivity contribution in [2.75, 3.05) is 14.2 Å². The van der Waals surface area contributed by atoms with Crippen LogP contribution in [-0.2, 0) is 19.1 Å². The van der Waals surface area contributed by atoms with Crippen molar-refractivity contribution < 1.29 is 19.1 Å². The highest BCUT2D eigenvalue weighted by molar-refractivity contribution is 6.03. The first-order valence-electron chi connectivity index (χ1n) is 4.83. The first-order valence-corrected chi connectivity index (χ1v) is 4.83. The molecule has 0 aliphatic heterocycles. The topological polar surface area (TPSA) is 52.6 Å². The summed E-state index contributed by atoms with van der Waals surface area (Å²) in [5, 5.41) is 0. The van der Waals surface area contributed by atoms with Gasteiger partial charge in [-0.25, -0.2) is 0 Å². The fourth-order valence-corrected chi connectivity index (χ4v) is 2.27. The Morgan fingerprint density at radius 3 is 2.00 bits per heavy atom. The normalized spacial score (nSPS) is 28.0. The summed E-state index contributed by atoms with van der Waals surface area (Å²) in [5.74, 6) is -0.155. The van der Waals surface area contributed by atoms with Gasteiger partial charge in [0, 0.05) is 0 Å². The molecule has 2 saturated carbocycles. The van der Waals surface area contributed by atoms with E-state index in [4.69, 9.17) is 0 Å². The summed E-state index contributed by atoms with van der Waals surface area (Å²) < 4.78 is 9.34. The first-order chi connectivity index (χ1) is 6.66. The number of carbonyl (C=O) groups is 2. The zero-order valence-electron chi connectivity index (χ0n) is 8.41. The fraction of sp³-hybridized carbons (Fsp3) is 0.800. The summed E-state index contributed by atoms with van der Waals surface area (Å²) in [7, 11) is 2.63. The van der Waals surface area contributed by atoms with Crippen molar-refractivity contribution in [2.24, 2.45) is 17.3 Å². The first kappa shape index (κ1) is 9.49. The third-order valence-electron chi connectivity index (χ3n) is 3.31. The van der Waals surface area contributed by atoms with Crippen LogP contribution in [0.3, 0.4) is 0 Å². The molecule has 1 atom stereocenters. The summed E-state index contributed by atoms with van der Waals surface area (Å²) in [6.07, 6.45) is 2.86. The molecule has 0 aromatic heterocycles. The van der Waals surface area contributed by atoms with Gasteiger partial charge in [0.2, 0.25) is 0 Å². The van der Waals surface area contributed by atoms with Gasteiger partial charge in [0.05, 0.1) is 14.2 Å². The predicted octanol–water partition coefficient (Wildman–Crippen LogP) is 0.749. The number of esters is 2. The average molecular weight is 198 g/mol. The molecule has 0 aromatic carbocycles. The number of hydrogen-bond acceptors (Lipinski definition) is 4. The van der Waals surface area contributed by atoms with E-state index >= 15 is 0 Å². The number of hydrogen-bond donors (Lipinski definition) is 0. The highest BCUT2D eigenvalue weighted by Crippen LogP contribution is 2.64. The van der Waals surface area contributed by atoms with E-state index in [-0.39, 0.29) is 5.92 Å². The van der Waals surface area contributed by atoms with Gasteiger partial charge in [-0.15, -0.1) is 0 Å². The monoisotopic (exact) mass is 198 g/mol. The smallest absolute Gasteiger partial charge is 0.323 e. The van der Waals surface area contributed by atoms with Crippen LogP contribution in [0, 0.1) is 17.3 Å². The molecule has 4 heteroatoms. The Labute approximate surface area is 82.6 Å². The van der Waals surface area contributed by atoms with E-state index in [9.17, 15) is 9.59 Å². The summed E-state index contributed by atoms with van der Waals surface area (Å²) in [4.78, 5) is 23.0. The Kier molecular flexibility index (Phi) is 2.01. The van der Waals surface area contributed by atoms with Gasteiger partial charge in [0.25, 0.3) is 0 Å². The van der Waals surface area contributed by atoms with Crippen molar-refractivity contribution in [3.63, 3.8) is 0 Å². The van der Waals surface area contributed by atoms with Crippen molar-refractivity contribution >= 4 is 11.9 Å². The highest BCUT2D eigenvalue weighted by Gasteiger charge is 2.71. The maximum Gasteiger partial charge on any atom is 0.323 e. The van der Waals surface area contributed by atoms with Crippen LogP contribution in [0.25, 0.3) is 0 Å². The van der Waals surface area contributed by atoms with Gasteiger partial charge in [0.15, 0.2) is 5.41 Å². The molecule has 78 valence electrons. The molecule has 4 nitrogen and oxygen atoms in total. The zero-order valence-corrected chi connectivity index (χ0v) is 8.41. The van der Waals surface area contributed by atoms with Crippen LogP contribution in [-0.4, -0.2) is 26.2 Å². The molecule has 0 bridgehead atoms. The average Bonchev–Trinajstić information content (AvgIpc) is 3.03. The van der Waals surface area contributed by atoms with Gasteiger partial charge in [-0.2, -0.15) is 0 Å². The molecule has 0 heterocycles. The molecule has 0 saturated heterocycles. The van der Waals surface area contributed by atoms with Gasteiger partial charge >= 0.3 is 11.9 Å². The van der Waals surface area contributed by atoms with Crippen molar-refractivity contribution in [3.05, 3.63) is 0 Å². The molecule has 0 radical (unpaired) electrons. The summed E-state index contributed by atoms with van der Waals surface area (Å²) in [6, 6.07) is 0. The van der Waals surface area contributed by atoms with Crippen molar-refractivity contribution in [3.8, 4) is 0 Å². The molecule has 2 fully saturated rings. The van der Waals surface area contributed by atoms with Crippen LogP contribution in [0.1, 0.15) is 19.3 Å². The molecule has 14 heavy (non-hydrogen) atoms. The Hall–Kier alpha value is -1.06. The molecule has 2 rings (SSSR count). The van der Waals surface area contributed by atoms with Crippen LogP contribution in [0.15, 0.2) is 0 Å². The number of ether oxygens (including phenoxy) is 2. The van der Waals surface area contributed by atoms with Crippen LogP contribution < -0.4 is 0 Å². The van der Waals surface area contributed by atoms with E-state index in [1.807, 2.05) is 0 Å². The lowest BCUT2D eigenvalue weighted by Crippen LogP contribution is -2.30. The van der Waals surface area contributed by atoms with Crippen molar-refractivity contribution in [2.45, 2.75) is 19.3 Å². The quantitative estimate of drug-likeness (QED) is 0.496. The molecule has 0 N–H and O–H groups in total. The number of rotatable bonds is 3. The second kappa shape index (κ2) is 2.97. The molecule has 0 aromatic rings. The minimum absolute atomic E-state index is 0.169. The lowest BCUT2D eigenvalue weighted by Gasteiger charge is -2.11. The van der Waals surface area contributed by atoms with Crippen molar-refractivity contribution in [1.29, 1.82) is 0 Å². The Balaban J connectivity index is 2.15. The van der Waals surface area contributed by atoms with Crippen LogP contribution in [0.5, 0.6) is 0 Å². The zero-order chi connectivity index (χ0) is 10.3. The van der Waals surface area contributed by atoms with Gasteiger partial charge in [0.1, 0.15) is 0 Å². The van der Waals surface area contributed by atoms with Crippen molar-refractivity contribution in [1.82, 2.24) is 0 Å². The van der Waals surface area contributed by atoms with Crippen LogP contribution >= 0.6 is 0 Å². The molecule has 1 unspecified atom stereocenters. The lowest BCUT2D eigenvalue weighted by molar-refractivity contribution is -0.162. The van der Waals surface area contributed by atoms with Gasteiger partial charge < -0.3 is 9.47 Å². The minimum atomic E-state index is -0.954. The largest absolute Gasteiger partial charge is 0.468 e. The Morgan fingerprint density at radius 2 is 1.64 bits per heavy atom. The van der Waals surface area contributed by atoms with E-state index in [2.05, 4.69) is 9.47 Å². The van der Waals surface area contributed by atoms with Crippen LogP contribution in [0.2, 0.25) is 0 Å². The van der Waals surface area contributed by atoms with E-state index in [1.54, 1.807) is 0 Å². The van der Waals surface area contributed by atoms with E-state index < -0.39 is 17.4 Å². The lowest BCUT2D eigenvalue weighted by atomic mass is 10.0. The maximum absolute atomic E-state index is 11.5. The standard InChI is InChI=1S/C10H14O4/c1-13-8(11)10(9(12)14-2)5-7(10)6-3-4-6/h6-7H,3-5H2,1-2H3. The second-order valence-electron chi connectivity index (χ2n) is 4.10. The molecular formula is C10H14O4. The SMILES string of the molecule is COC(=O)C1(C(=O)OC)CC1C1CC1. The van der Waals surface area contributed by atoms with E-state index in [0.29, 0.717) is 12.3 Å². The second-order valence-corrected chi connectivity index (χ2v) is 4.10. The van der Waals surface area contributed by atoms with E-state index in [0.717, 1.165) is 12.8 Å². The number of methoxy groups -OCH3 is 2. The predicted molar refractivity (Wildman–Crippen MR) is 47.3 cm³/mol. The van der Waals surface area contributed by atoms with E-state index in [1.165, 1.54) is 14.2 Å². The molecule has 0 amide bonds. The summed E-state index contributed by atoms with van der Waals surface area (Å²) >= 11 is 0. The number of carbonyl (C=O) groups excluding carboxylic acids is 2. The Morgan fingerprint density at radius 1 is 1.14 bits per heavy atom. The van der Waals surface area contributed by atoms with Crippen LogP contribution in [0.4, 0.5) is 0 Å². The molecular weight excluding hydrogens is 184 g/mol. The Bertz CT molecular complexity index is 264. The van der Waals surface area contributed by atoms with Gasteiger partial charge in [-0.05, 0) is 31.1 Å². The molecule has 2 aliphatic carbocycles. The van der Waals surface area contributed by atoms with Gasteiger partial charge in [-0.3, -0.25) is 9.59 Å². The molecule has 2 aliphatic rings. The third-order valence-corrected chi connectivity index (χ3v) is 3.31. The minimum Gasteiger partial charge on any atom is -0.468 e.